The molecule has 0 radical (unpaired) electrons. The van der Waals surface area contributed by atoms with Crippen molar-refractivity contribution < 1.29 is 4.74 Å². The van der Waals surface area contributed by atoms with Crippen molar-refractivity contribution in [2.75, 3.05) is 0 Å². The van der Waals surface area contributed by atoms with Crippen molar-refractivity contribution in [3.63, 3.8) is 0 Å². The maximum atomic E-state index is 6.06. The first-order chi connectivity index (χ1) is 10.7. The molecule has 3 heteroatoms. The maximum Gasteiger partial charge on any atom is 0.134 e. The van der Waals surface area contributed by atoms with E-state index in [4.69, 9.17) is 4.74 Å². The molecule has 0 saturated heterocycles. The monoisotopic (exact) mass is 470 g/mol. The number of hydrogen-bond acceptors (Lipinski definition) is 1. The second-order valence-corrected chi connectivity index (χ2v) is 7.91. The van der Waals surface area contributed by atoms with E-state index in [2.05, 4.69) is 81.8 Å². The van der Waals surface area contributed by atoms with Crippen LogP contribution in [0.3, 0.4) is 0 Å². The second kappa shape index (κ2) is 7.35. The largest absolute Gasteiger partial charge is 0.489 e. The molecular weight excluding hydrogens is 451 g/mol. The van der Waals surface area contributed by atoms with Gasteiger partial charge in [0, 0.05) is 4.47 Å². The molecule has 2 aromatic carbocycles. The highest BCUT2D eigenvalue weighted by molar-refractivity contribution is 14.1. The van der Waals surface area contributed by atoms with E-state index in [1.807, 2.05) is 0 Å². The summed E-state index contributed by atoms with van der Waals surface area (Å²) in [6.45, 7) is 2.19. The fourth-order valence-corrected chi connectivity index (χ4v) is 3.70. The van der Waals surface area contributed by atoms with Gasteiger partial charge < -0.3 is 4.74 Å². The van der Waals surface area contributed by atoms with Crippen molar-refractivity contribution in [2.45, 2.75) is 45.1 Å². The Labute approximate surface area is 154 Å². The number of aryl methyl sites for hydroxylation is 1. The number of ether oxygens (including phenoxy) is 1. The van der Waals surface area contributed by atoms with E-state index in [9.17, 15) is 0 Å². The van der Waals surface area contributed by atoms with Crippen molar-refractivity contribution in [1.29, 1.82) is 0 Å². The van der Waals surface area contributed by atoms with Crippen molar-refractivity contribution >= 4 is 38.5 Å². The molecule has 116 valence electrons. The van der Waals surface area contributed by atoms with E-state index in [1.165, 1.54) is 39.5 Å². The van der Waals surface area contributed by atoms with Crippen LogP contribution in [0.15, 0.2) is 40.9 Å². The number of halogens is 2. The van der Waals surface area contributed by atoms with Crippen LogP contribution >= 0.6 is 38.5 Å². The van der Waals surface area contributed by atoms with Crippen molar-refractivity contribution in [1.82, 2.24) is 0 Å². The lowest BCUT2D eigenvalue weighted by atomic mass is 9.96. The quantitative estimate of drug-likeness (QED) is 0.477. The van der Waals surface area contributed by atoms with Crippen LogP contribution in [0, 0.1) is 3.57 Å². The van der Waals surface area contributed by atoms with Crippen molar-refractivity contribution in [2.24, 2.45) is 0 Å². The lowest BCUT2D eigenvalue weighted by molar-refractivity contribution is 0.119. The highest BCUT2D eigenvalue weighted by Crippen LogP contribution is 2.33. The Bertz CT molecular complexity index is 647. The SMILES string of the molecule is CCc1ccc(Cc2cc(I)c(OC3CCC3)cc2Br)cc1. The van der Waals surface area contributed by atoms with Gasteiger partial charge >= 0.3 is 0 Å². The molecular formula is C19H20BrIO. The Morgan fingerprint density at radius 3 is 2.41 bits per heavy atom. The molecule has 1 nitrogen and oxygen atoms in total. The predicted octanol–water partition coefficient (Wildman–Crippen LogP) is 6.14. The third kappa shape index (κ3) is 3.85. The fraction of sp³-hybridized carbons (Fsp3) is 0.368. The molecule has 0 heterocycles. The van der Waals surface area contributed by atoms with Gasteiger partial charge in [0.1, 0.15) is 5.75 Å². The number of rotatable bonds is 5. The minimum absolute atomic E-state index is 0.424. The molecule has 0 aliphatic heterocycles. The minimum atomic E-state index is 0.424. The standard InChI is InChI=1S/C19H20BrIO/c1-2-13-6-8-14(9-7-13)10-15-11-18(21)19(12-17(15)20)22-16-4-3-5-16/h6-9,11-12,16H,2-5,10H2,1H3. The van der Waals surface area contributed by atoms with Gasteiger partial charge in [0.05, 0.1) is 9.67 Å². The normalized spacial score (nSPS) is 14.7. The van der Waals surface area contributed by atoms with Crippen LogP contribution in [-0.2, 0) is 12.8 Å². The van der Waals surface area contributed by atoms with Gasteiger partial charge in [-0.2, -0.15) is 0 Å². The molecule has 0 bridgehead atoms. The number of hydrogen-bond donors (Lipinski definition) is 0. The van der Waals surface area contributed by atoms with Crippen LogP contribution in [0.25, 0.3) is 0 Å². The first kappa shape index (κ1) is 16.3. The zero-order valence-electron chi connectivity index (χ0n) is 12.7. The van der Waals surface area contributed by atoms with Crippen LogP contribution < -0.4 is 4.74 Å². The fourth-order valence-electron chi connectivity index (χ4n) is 2.58. The average molecular weight is 471 g/mol. The molecule has 3 rings (SSSR count). The molecule has 2 aromatic rings. The molecule has 0 unspecified atom stereocenters. The van der Waals surface area contributed by atoms with E-state index in [0.717, 1.165) is 23.1 Å². The molecule has 0 aromatic heterocycles. The Kier molecular flexibility index (Phi) is 5.45. The average Bonchev–Trinajstić information content (AvgIpc) is 2.48. The summed E-state index contributed by atoms with van der Waals surface area (Å²) in [5, 5.41) is 0. The van der Waals surface area contributed by atoms with E-state index < -0.39 is 0 Å². The van der Waals surface area contributed by atoms with Crippen LogP contribution in [0.1, 0.15) is 42.9 Å². The Hall–Kier alpha value is -0.550. The van der Waals surface area contributed by atoms with Crippen molar-refractivity contribution in [3.8, 4) is 5.75 Å². The third-order valence-electron chi connectivity index (χ3n) is 4.27. The van der Waals surface area contributed by atoms with Crippen LogP contribution in [-0.4, -0.2) is 6.10 Å². The maximum absolute atomic E-state index is 6.06. The minimum Gasteiger partial charge on any atom is -0.489 e. The van der Waals surface area contributed by atoms with E-state index in [1.54, 1.807) is 0 Å². The predicted molar refractivity (Wildman–Crippen MR) is 104 cm³/mol. The van der Waals surface area contributed by atoms with Crippen LogP contribution in [0.5, 0.6) is 5.75 Å². The third-order valence-corrected chi connectivity index (χ3v) is 5.85. The summed E-state index contributed by atoms with van der Waals surface area (Å²) in [5.41, 5.74) is 4.05. The molecule has 0 amide bonds. The summed E-state index contributed by atoms with van der Waals surface area (Å²) in [6, 6.07) is 13.3. The van der Waals surface area contributed by atoms with Crippen molar-refractivity contribution in [3.05, 3.63) is 61.1 Å². The van der Waals surface area contributed by atoms with Gasteiger partial charge in [0.15, 0.2) is 0 Å². The van der Waals surface area contributed by atoms with Gasteiger partial charge in [-0.15, -0.1) is 0 Å². The molecule has 0 spiro atoms. The van der Waals surface area contributed by atoms with Crippen LogP contribution in [0.2, 0.25) is 0 Å². The van der Waals surface area contributed by atoms with E-state index >= 15 is 0 Å². The molecule has 1 aliphatic carbocycles. The molecule has 1 saturated carbocycles. The molecule has 0 atom stereocenters. The van der Waals surface area contributed by atoms with Gasteiger partial charge in [-0.3, -0.25) is 0 Å². The zero-order valence-corrected chi connectivity index (χ0v) is 16.5. The first-order valence-corrected chi connectivity index (χ1v) is 9.75. The summed E-state index contributed by atoms with van der Waals surface area (Å²) < 4.78 is 8.40. The highest BCUT2D eigenvalue weighted by Gasteiger charge is 2.20. The second-order valence-electron chi connectivity index (χ2n) is 5.89. The summed E-state index contributed by atoms with van der Waals surface area (Å²) in [5.74, 6) is 1.02. The first-order valence-electron chi connectivity index (χ1n) is 7.88. The summed E-state index contributed by atoms with van der Waals surface area (Å²) in [4.78, 5) is 0. The lowest BCUT2D eigenvalue weighted by Crippen LogP contribution is -2.24. The van der Waals surface area contributed by atoms with Crippen LogP contribution in [0.4, 0.5) is 0 Å². The Morgan fingerprint density at radius 1 is 1.14 bits per heavy atom. The van der Waals surface area contributed by atoms with Gasteiger partial charge in [0.2, 0.25) is 0 Å². The summed E-state index contributed by atoms with van der Waals surface area (Å²) in [6.07, 6.45) is 6.15. The number of benzene rings is 2. The lowest BCUT2D eigenvalue weighted by Gasteiger charge is -2.27. The van der Waals surface area contributed by atoms with Gasteiger partial charge in [-0.05, 0) is 83.5 Å². The van der Waals surface area contributed by atoms with Gasteiger partial charge in [0.25, 0.3) is 0 Å². The molecule has 1 aliphatic rings. The summed E-state index contributed by atoms with van der Waals surface area (Å²) >= 11 is 6.10. The van der Waals surface area contributed by atoms with Gasteiger partial charge in [-0.1, -0.05) is 47.1 Å². The Balaban J connectivity index is 1.76. The van der Waals surface area contributed by atoms with E-state index in [0.29, 0.717) is 6.10 Å². The molecule has 1 fully saturated rings. The zero-order chi connectivity index (χ0) is 15.5. The molecule has 22 heavy (non-hydrogen) atoms. The topological polar surface area (TPSA) is 9.23 Å². The Morgan fingerprint density at radius 2 is 1.82 bits per heavy atom. The summed E-state index contributed by atoms with van der Waals surface area (Å²) in [7, 11) is 0. The van der Waals surface area contributed by atoms with Gasteiger partial charge in [-0.25, -0.2) is 0 Å². The smallest absolute Gasteiger partial charge is 0.134 e. The highest BCUT2D eigenvalue weighted by atomic mass is 127. The van der Waals surface area contributed by atoms with E-state index in [-0.39, 0.29) is 0 Å². The molecule has 0 N–H and O–H groups in total.